The molecule has 1 heterocycles. The lowest BCUT2D eigenvalue weighted by Crippen LogP contribution is -2.45. The predicted molar refractivity (Wildman–Crippen MR) is 71.1 cm³/mol. The van der Waals surface area contributed by atoms with E-state index in [2.05, 4.69) is 5.10 Å². The molecule has 1 unspecified atom stereocenters. The van der Waals surface area contributed by atoms with Gasteiger partial charge < -0.3 is 10.8 Å². The number of hydrogen-bond acceptors (Lipinski definition) is 3. The van der Waals surface area contributed by atoms with Crippen molar-refractivity contribution in [2.24, 2.45) is 5.73 Å². The molecule has 2 rings (SSSR count). The van der Waals surface area contributed by atoms with Crippen molar-refractivity contribution in [3.8, 4) is 0 Å². The first-order valence-electron chi connectivity index (χ1n) is 6.01. The van der Waals surface area contributed by atoms with Gasteiger partial charge in [-0.05, 0) is 25.5 Å². The van der Waals surface area contributed by atoms with E-state index in [1.165, 1.54) is 0 Å². The number of aryl methyl sites for hydroxylation is 2. The molecule has 4 heteroatoms. The van der Waals surface area contributed by atoms with Gasteiger partial charge in [-0.25, -0.2) is 0 Å². The third-order valence-electron chi connectivity index (χ3n) is 3.17. The van der Waals surface area contributed by atoms with Crippen LogP contribution >= 0.6 is 0 Å². The van der Waals surface area contributed by atoms with Gasteiger partial charge in [0.25, 0.3) is 0 Å². The van der Waals surface area contributed by atoms with Crippen molar-refractivity contribution in [1.29, 1.82) is 0 Å². The Labute approximate surface area is 107 Å². The molecule has 18 heavy (non-hydrogen) atoms. The molecule has 0 saturated carbocycles. The van der Waals surface area contributed by atoms with Gasteiger partial charge in [0.2, 0.25) is 0 Å². The van der Waals surface area contributed by atoms with Crippen LogP contribution in [-0.2, 0) is 12.1 Å². The van der Waals surface area contributed by atoms with Crippen molar-refractivity contribution in [2.45, 2.75) is 25.9 Å². The number of benzene rings is 1. The van der Waals surface area contributed by atoms with Gasteiger partial charge in [0.1, 0.15) is 0 Å². The highest BCUT2D eigenvalue weighted by Crippen LogP contribution is 2.20. The van der Waals surface area contributed by atoms with Crippen LogP contribution in [0.15, 0.2) is 36.4 Å². The summed E-state index contributed by atoms with van der Waals surface area (Å²) in [5, 5.41) is 14.0. The molecule has 0 aliphatic carbocycles. The minimum absolute atomic E-state index is 0.116. The molecule has 0 saturated heterocycles. The monoisotopic (exact) mass is 245 g/mol. The minimum atomic E-state index is -0.801. The summed E-state index contributed by atoms with van der Waals surface area (Å²) in [4.78, 5) is 0. The van der Waals surface area contributed by atoms with E-state index in [-0.39, 0.29) is 6.61 Å². The fourth-order valence-corrected chi connectivity index (χ4v) is 2.10. The van der Waals surface area contributed by atoms with E-state index in [0.29, 0.717) is 6.54 Å². The standard InChI is InChI=1S/C14H19N3O/c1-11-8-12(2)17(16-11)9-14(15,10-18)13-6-4-3-5-7-13/h3-8,18H,9-10,15H2,1-2H3. The Balaban J connectivity index is 2.32. The van der Waals surface area contributed by atoms with Crippen LogP contribution < -0.4 is 5.73 Å². The van der Waals surface area contributed by atoms with Gasteiger partial charge in [0, 0.05) is 5.69 Å². The Kier molecular flexibility index (Phi) is 3.50. The molecule has 0 fully saturated rings. The second-order valence-corrected chi connectivity index (χ2v) is 4.77. The number of aliphatic hydroxyl groups is 1. The lowest BCUT2D eigenvalue weighted by atomic mass is 9.92. The van der Waals surface area contributed by atoms with Gasteiger partial charge in [-0.3, -0.25) is 4.68 Å². The molecule has 0 amide bonds. The third kappa shape index (κ3) is 2.44. The van der Waals surface area contributed by atoms with Gasteiger partial charge in [-0.1, -0.05) is 30.3 Å². The maximum absolute atomic E-state index is 9.63. The van der Waals surface area contributed by atoms with E-state index in [1.807, 2.05) is 54.9 Å². The van der Waals surface area contributed by atoms with E-state index in [9.17, 15) is 5.11 Å². The van der Waals surface area contributed by atoms with Crippen molar-refractivity contribution in [3.05, 3.63) is 53.3 Å². The van der Waals surface area contributed by atoms with Crippen molar-refractivity contribution >= 4 is 0 Å². The summed E-state index contributed by atoms with van der Waals surface area (Å²) < 4.78 is 1.85. The average molecular weight is 245 g/mol. The van der Waals surface area contributed by atoms with Gasteiger partial charge in [-0.15, -0.1) is 0 Å². The highest BCUT2D eigenvalue weighted by Gasteiger charge is 2.28. The molecular formula is C14H19N3O. The molecule has 4 nitrogen and oxygen atoms in total. The van der Waals surface area contributed by atoms with Crippen LogP contribution in [0.5, 0.6) is 0 Å². The zero-order valence-electron chi connectivity index (χ0n) is 10.8. The van der Waals surface area contributed by atoms with Crippen LogP contribution in [0.2, 0.25) is 0 Å². The van der Waals surface area contributed by atoms with Gasteiger partial charge in [0.15, 0.2) is 0 Å². The number of rotatable bonds is 4. The van der Waals surface area contributed by atoms with Crippen LogP contribution in [-0.4, -0.2) is 21.5 Å². The highest BCUT2D eigenvalue weighted by atomic mass is 16.3. The van der Waals surface area contributed by atoms with E-state index < -0.39 is 5.54 Å². The Morgan fingerprint density at radius 1 is 1.28 bits per heavy atom. The first-order valence-corrected chi connectivity index (χ1v) is 6.01. The van der Waals surface area contributed by atoms with E-state index >= 15 is 0 Å². The van der Waals surface area contributed by atoms with Crippen LogP contribution in [0, 0.1) is 13.8 Å². The van der Waals surface area contributed by atoms with Gasteiger partial charge >= 0.3 is 0 Å². The Morgan fingerprint density at radius 2 is 1.94 bits per heavy atom. The number of hydrogen-bond donors (Lipinski definition) is 2. The number of nitrogens with two attached hydrogens (primary N) is 1. The summed E-state index contributed by atoms with van der Waals surface area (Å²) in [6.45, 7) is 4.29. The Bertz CT molecular complexity index is 521. The summed E-state index contributed by atoms with van der Waals surface area (Å²) >= 11 is 0. The minimum Gasteiger partial charge on any atom is -0.394 e. The average Bonchev–Trinajstić information content (AvgIpc) is 2.68. The quantitative estimate of drug-likeness (QED) is 0.854. The molecule has 0 aliphatic rings. The third-order valence-corrected chi connectivity index (χ3v) is 3.17. The van der Waals surface area contributed by atoms with Crippen LogP contribution in [0.3, 0.4) is 0 Å². The second-order valence-electron chi connectivity index (χ2n) is 4.77. The van der Waals surface area contributed by atoms with Gasteiger partial charge in [0.05, 0.1) is 24.4 Å². The summed E-state index contributed by atoms with van der Waals surface area (Å²) in [5.74, 6) is 0. The second kappa shape index (κ2) is 4.92. The van der Waals surface area contributed by atoms with Crippen molar-refractivity contribution < 1.29 is 5.11 Å². The summed E-state index contributed by atoms with van der Waals surface area (Å²) in [6.07, 6.45) is 0. The van der Waals surface area contributed by atoms with Crippen molar-refractivity contribution in [3.63, 3.8) is 0 Å². The maximum atomic E-state index is 9.63. The smallest absolute Gasteiger partial charge is 0.0842 e. The number of aromatic nitrogens is 2. The molecule has 0 bridgehead atoms. The van der Waals surface area contributed by atoms with Gasteiger partial charge in [-0.2, -0.15) is 5.10 Å². The van der Waals surface area contributed by atoms with E-state index in [0.717, 1.165) is 17.0 Å². The van der Waals surface area contributed by atoms with Crippen molar-refractivity contribution in [2.75, 3.05) is 6.61 Å². The fourth-order valence-electron chi connectivity index (χ4n) is 2.10. The number of aliphatic hydroxyl groups excluding tert-OH is 1. The first kappa shape index (κ1) is 12.8. The first-order chi connectivity index (χ1) is 8.55. The topological polar surface area (TPSA) is 64.1 Å². The summed E-state index contributed by atoms with van der Waals surface area (Å²) in [6, 6.07) is 11.7. The molecule has 3 N–H and O–H groups in total. The summed E-state index contributed by atoms with van der Waals surface area (Å²) in [7, 11) is 0. The predicted octanol–water partition coefficient (Wildman–Crippen LogP) is 1.35. The van der Waals surface area contributed by atoms with E-state index in [4.69, 9.17) is 5.73 Å². The lowest BCUT2D eigenvalue weighted by Gasteiger charge is -2.28. The van der Waals surface area contributed by atoms with Crippen LogP contribution in [0.1, 0.15) is 17.0 Å². The maximum Gasteiger partial charge on any atom is 0.0842 e. The highest BCUT2D eigenvalue weighted by molar-refractivity contribution is 5.24. The van der Waals surface area contributed by atoms with E-state index in [1.54, 1.807) is 0 Å². The molecule has 2 aromatic rings. The molecule has 0 radical (unpaired) electrons. The number of nitrogens with zero attached hydrogens (tertiary/aromatic N) is 2. The molecule has 1 atom stereocenters. The SMILES string of the molecule is Cc1cc(C)n(CC(N)(CO)c2ccccc2)n1. The molecule has 0 aliphatic heterocycles. The molecule has 96 valence electrons. The zero-order valence-corrected chi connectivity index (χ0v) is 10.8. The molecular weight excluding hydrogens is 226 g/mol. The normalized spacial score (nSPS) is 14.4. The van der Waals surface area contributed by atoms with Crippen LogP contribution in [0.4, 0.5) is 0 Å². The lowest BCUT2D eigenvalue weighted by molar-refractivity contribution is 0.173. The molecule has 1 aromatic carbocycles. The molecule has 0 spiro atoms. The van der Waals surface area contributed by atoms with Crippen LogP contribution in [0.25, 0.3) is 0 Å². The fraction of sp³-hybridized carbons (Fsp3) is 0.357. The molecule has 1 aromatic heterocycles. The largest absolute Gasteiger partial charge is 0.394 e. The summed E-state index contributed by atoms with van der Waals surface area (Å²) in [5.41, 5.74) is 8.44. The Morgan fingerprint density at radius 3 is 2.44 bits per heavy atom. The Hall–Kier alpha value is -1.65. The van der Waals surface area contributed by atoms with Crippen molar-refractivity contribution in [1.82, 2.24) is 9.78 Å². The zero-order chi connectivity index (χ0) is 13.2.